The van der Waals surface area contributed by atoms with Crippen molar-refractivity contribution in [1.82, 2.24) is 10.2 Å². The fourth-order valence-electron chi connectivity index (χ4n) is 3.27. The van der Waals surface area contributed by atoms with Crippen LogP contribution in [0.4, 0.5) is 0 Å². The van der Waals surface area contributed by atoms with E-state index in [1.165, 1.54) is 0 Å². The molecule has 1 heterocycles. The van der Waals surface area contributed by atoms with Crippen LogP contribution in [-0.2, 0) is 9.59 Å². The van der Waals surface area contributed by atoms with E-state index >= 15 is 0 Å². The smallest absolute Gasteiger partial charge is 0.227 e. The lowest BCUT2D eigenvalue weighted by Crippen LogP contribution is -2.39. The number of likely N-dealkylation sites (tertiary alicyclic amines) is 1. The minimum Gasteiger partial charge on any atom is -0.359 e. The van der Waals surface area contributed by atoms with E-state index in [-0.39, 0.29) is 17.2 Å². The largest absolute Gasteiger partial charge is 0.359 e. The summed E-state index contributed by atoms with van der Waals surface area (Å²) in [5, 5.41) is 2.75. The molecule has 0 aromatic carbocycles. The summed E-state index contributed by atoms with van der Waals surface area (Å²) in [7, 11) is 1.70. The average molecular weight is 252 g/mol. The van der Waals surface area contributed by atoms with E-state index in [0.29, 0.717) is 5.78 Å². The topological polar surface area (TPSA) is 49.4 Å². The highest BCUT2D eigenvalue weighted by atomic mass is 16.2. The zero-order valence-electron chi connectivity index (χ0n) is 11.5. The Labute approximate surface area is 109 Å². The van der Waals surface area contributed by atoms with Gasteiger partial charge in [0, 0.05) is 25.9 Å². The summed E-state index contributed by atoms with van der Waals surface area (Å²) in [5.41, 5.74) is -0.242. The summed E-state index contributed by atoms with van der Waals surface area (Å²) < 4.78 is 0. The molecule has 0 spiro atoms. The summed E-state index contributed by atoms with van der Waals surface area (Å²) in [5.74, 6) is 0.877. The van der Waals surface area contributed by atoms with Crippen LogP contribution in [0.3, 0.4) is 0 Å². The first-order chi connectivity index (χ1) is 8.55. The average Bonchev–Trinajstić information content (AvgIpc) is 2.93. The van der Waals surface area contributed by atoms with Crippen LogP contribution in [0, 0.1) is 11.3 Å². The molecule has 1 aliphatic heterocycles. The zero-order chi connectivity index (χ0) is 13.2. The summed E-state index contributed by atoms with van der Waals surface area (Å²) in [6, 6.07) is 0. The SMILES string of the molecule is CNC(=O)C1(C)CCN(CCC2CCCC2=O)C1. The van der Waals surface area contributed by atoms with Crippen LogP contribution in [0.1, 0.15) is 39.0 Å². The Kier molecular flexibility index (Phi) is 4.05. The molecule has 102 valence electrons. The van der Waals surface area contributed by atoms with Crippen molar-refractivity contribution < 1.29 is 9.59 Å². The van der Waals surface area contributed by atoms with E-state index in [0.717, 1.165) is 51.7 Å². The van der Waals surface area contributed by atoms with Crippen LogP contribution < -0.4 is 5.32 Å². The second kappa shape index (κ2) is 5.39. The molecule has 1 N–H and O–H groups in total. The Morgan fingerprint density at radius 1 is 1.56 bits per heavy atom. The predicted molar refractivity (Wildman–Crippen MR) is 70.2 cm³/mol. The Balaban J connectivity index is 1.79. The maximum Gasteiger partial charge on any atom is 0.227 e. The third-order valence-electron chi connectivity index (χ3n) is 4.55. The van der Waals surface area contributed by atoms with Crippen LogP contribution in [0.25, 0.3) is 0 Å². The fourth-order valence-corrected chi connectivity index (χ4v) is 3.27. The van der Waals surface area contributed by atoms with Gasteiger partial charge >= 0.3 is 0 Å². The molecule has 2 rings (SSSR count). The van der Waals surface area contributed by atoms with Crippen LogP contribution in [0.5, 0.6) is 0 Å². The molecule has 1 saturated heterocycles. The predicted octanol–water partition coefficient (Wildman–Crippen LogP) is 1.20. The van der Waals surface area contributed by atoms with Crippen molar-refractivity contribution in [2.45, 2.75) is 39.0 Å². The van der Waals surface area contributed by atoms with Gasteiger partial charge in [0.05, 0.1) is 5.41 Å². The lowest BCUT2D eigenvalue weighted by Gasteiger charge is -2.23. The number of nitrogens with one attached hydrogen (secondary N) is 1. The lowest BCUT2D eigenvalue weighted by molar-refractivity contribution is -0.129. The minimum atomic E-state index is -0.242. The van der Waals surface area contributed by atoms with E-state index in [1.54, 1.807) is 7.05 Å². The van der Waals surface area contributed by atoms with Gasteiger partial charge in [0.1, 0.15) is 5.78 Å². The van der Waals surface area contributed by atoms with Crippen molar-refractivity contribution in [3.63, 3.8) is 0 Å². The van der Waals surface area contributed by atoms with Crippen molar-refractivity contribution in [2.24, 2.45) is 11.3 Å². The Hall–Kier alpha value is -0.900. The standard InChI is InChI=1S/C14H24N2O2/c1-14(13(18)15-2)7-9-16(10-14)8-6-11-4-3-5-12(11)17/h11H,3-10H2,1-2H3,(H,15,18). The van der Waals surface area contributed by atoms with Crippen LogP contribution in [-0.4, -0.2) is 43.3 Å². The highest BCUT2D eigenvalue weighted by molar-refractivity contribution is 5.83. The van der Waals surface area contributed by atoms with Crippen molar-refractivity contribution in [2.75, 3.05) is 26.7 Å². The van der Waals surface area contributed by atoms with Gasteiger partial charge in [-0.25, -0.2) is 0 Å². The number of carbonyl (C=O) groups is 2. The molecule has 2 aliphatic rings. The van der Waals surface area contributed by atoms with Crippen molar-refractivity contribution in [3.05, 3.63) is 0 Å². The summed E-state index contributed by atoms with van der Waals surface area (Å²) in [6.07, 6.45) is 4.81. The molecule has 0 bridgehead atoms. The number of carbonyl (C=O) groups excluding carboxylic acids is 2. The van der Waals surface area contributed by atoms with Gasteiger partial charge in [-0.2, -0.15) is 0 Å². The van der Waals surface area contributed by atoms with Gasteiger partial charge in [-0.1, -0.05) is 0 Å². The third kappa shape index (κ3) is 2.74. The van der Waals surface area contributed by atoms with Gasteiger partial charge in [-0.3, -0.25) is 9.59 Å². The van der Waals surface area contributed by atoms with Gasteiger partial charge in [-0.15, -0.1) is 0 Å². The van der Waals surface area contributed by atoms with Crippen molar-refractivity contribution in [3.8, 4) is 0 Å². The number of nitrogens with zero attached hydrogens (tertiary/aromatic N) is 1. The first kappa shape index (κ1) is 13.5. The van der Waals surface area contributed by atoms with E-state index in [4.69, 9.17) is 0 Å². The van der Waals surface area contributed by atoms with Gasteiger partial charge in [0.25, 0.3) is 0 Å². The molecular formula is C14H24N2O2. The summed E-state index contributed by atoms with van der Waals surface area (Å²) in [6.45, 7) is 4.80. The molecule has 18 heavy (non-hydrogen) atoms. The number of hydrogen-bond donors (Lipinski definition) is 1. The maximum atomic E-state index is 11.8. The second-order valence-electron chi connectivity index (χ2n) is 6.01. The molecular weight excluding hydrogens is 228 g/mol. The number of rotatable bonds is 4. The minimum absolute atomic E-state index is 0.141. The molecule has 1 amide bonds. The number of amides is 1. The molecule has 0 aromatic rings. The van der Waals surface area contributed by atoms with E-state index in [9.17, 15) is 9.59 Å². The number of Topliss-reactive ketones (excluding diaryl/α,β-unsaturated/α-hetero) is 1. The second-order valence-corrected chi connectivity index (χ2v) is 6.01. The molecule has 1 aliphatic carbocycles. The van der Waals surface area contributed by atoms with Gasteiger partial charge in [-0.05, 0) is 45.7 Å². The third-order valence-corrected chi connectivity index (χ3v) is 4.55. The van der Waals surface area contributed by atoms with E-state index < -0.39 is 0 Å². The summed E-state index contributed by atoms with van der Waals surface area (Å²) in [4.78, 5) is 25.7. The number of hydrogen-bond acceptors (Lipinski definition) is 3. The molecule has 4 nitrogen and oxygen atoms in total. The first-order valence-corrected chi connectivity index (χ1v) is 7.02. The molecule has 2 fully saturated rings. The Morgan fingerprint density at radius 2 is 2.33 bits per heavy atom. The molecule has 0 radical (unpaired) electrons. The van der Waals surface area contributed by atoms with Gasteiger partial charge in [0.2, 0.25) is 5.91 Å². The van der Waals surface area contributed by atoms with Crippen LogP contribution in [0.15, 0.2) is 0 Å². The number of ketones is 1. The van der Waals surface area contributed by atoms with Crippen molar-refractivity contribution in [1.29, 1.82) is 0 Å². The highest BCUT2D eigenvalue weighted by Crippen LogP contribution is 2.31. The first-order valence-electron chi connectivity index (χ1n) is 7.02. The normalized spacial score (nSPS) is 33.0. The molecule has 4 heteroatoms. The molecule has 2 unspecified atom stereocenters. The quantitative estimate of drug-likeness (QED) is 0.818. The summed E-state index contributed by atoms with van der Waals surface area (Å²) >= 11 is 0. The maximum absolute atomic E-state index is 11.8. The Bertz CT molecular complexity index is 343. The molecule has 1 saturated carbocycles. The van der Waals surface area contributed by atoms with Crippen molar-refractivity contribution >= 4 is 11.7 Å². The fraction of sp³-hybridized carbons (Fsp3) is 0.857. The van der Waals surface area contributed by atoms with E-state index in [2.05, 4.69) is 10.2 Å². The van der Waals surface area contributed by atoms with Crippen LogP contribution >= 0.6 is 0 Å². The van der Waals surface area contributed by atoms with Gasteiger partial charge < -0.3 is 10.2 Å². The lowest BCUT2D eigenvalue weighted by atomic mass is 9.89. The molecule has 0 aromatic heterocycles. The monoisotopic (exact) mass is 252 g/mol. The van der Waals surface area contributed by atoms with Gasteiger partial charge in [0.15, 0.2) is 0 Å². The van der Waals surface area contributed by atoms with Crippen LogP contribution in [0.2, 0.25) is 0 Å². The zero-order valence-corrected chi connectivity index (χ0v) is 11.5. The molecule has 2 atom stereocenters. The highest BCUT2D eigenvalue weighted by Gasteiger charge is 2.39. The Morgan fingerprint density at radius 3 is 2.94 bits per heavy atom. The van der Waals surface area contributed by atoms with E-state index in [1.807, 2.05) is 6.92 Å².